The number of esters is 1. The molecule has 0 fully saturated rings. The van der Waals surface area contributed by atoms with Crippen molar-refractivity contribution in [3.63, 3.8) is 0 Å². The number of unbranched alkanes of at least 4 members (excludes halogenated alkanes) is 13. The molecule has 0 rings (SSSR count). The van der Waals surface area contributed by atoms with Crippen molar-refractivity contribution in [1.82, 2.24) is 0 Å². The number of ether oxygens (including phenoxy) is 3. The van der Waals surface area contributed by atoms with Crippen molar-refractivity contribution >= 4 is 5.97 Å². The highest BCUT2D eigenvalue weighted by Crippen LogP contribution is 2.13. The zero-order valence-electron chi connectivity index (χ0n) is 19.3. The third kappa shape index (κ3) is 20.1. The molecule has 0 radical (unpaired) electrons. The van der Waals surface area contributed by atoms with Crippen LogP contribution in [0.3, 0.4) is 0 Å². The Bertz CT molecular complexity index is 333. The first-order valence-electron chi connectivity index (χ1n) is 12.1. The molecule has 4 nitrogen and oxygen atoms in total. The van der Waals surface area contributed by atoms with Gasteiger partial charge in [-0.1, -0.05) is 97.3 Å². The molecule has 2 unspecified atom stereocenters. The van der Waals surface area contributed by atoms with Crippen LogP contribution in [0.4, 0.5) is 0 Å². The topological polar surface area (TPSA) is 44.8 Å². The quantitative estimate of drug-likeness (QED) is 0.113. The second kappa shape index (κ2) is 21.1. The van der Waals surface area contributed by atoms with E-state index in [9.17, 15) is 4.79 Å². The molecule has 0 aliphatic carbocycles. The zero-order valence-corrected chi connectivity index (χ0v) is 19.3. The summed E-state index contributed by atoms with van der Waals surface area (Å²) < 4.78 is 16.3. The summed E-state index contributed by atoms with van der Waals surface area (Å²) in [5.41, 5.74) is 0. The van der Waals surface area contributed by atoms with Gasteiger partial charge in [-0.25, -0.2) is 0 Å². The Morgan fingerprint density at radius 1 is 0.643 bits per heavy atom. The maximum atomic E-state index is 11.9. The van der Waals surface area contributed by atoms with E-state index in [0.29, 0.717) is 13.0 Å². The van der Waals surface area contributed by atoms with Gasteiger partial charge in [-0.05, 0) is 26.7 Å². The fourth-order valence-electron chi connectivity index (χ4n) is 3.26. The predicted octanol–water partition coefficient (Wildman–Crippen LogP) is 7.54. The summed E-state index contributed by atoms with van der Waals surface area (Å²) in [6.07, 6.45) is 18.7. The summed E-state index contributed by atoms with van der Waals surface area (Å²) in [6.45, 7) is 8.66. The first kappa shape index (κ1) is 27.4. The molecule has 4 heteroatoms. The average molecular weight is 401 g/mol. The molecule has 0 aromatic heterocycles. The van der Waals surface area contributed by atoms with Crippen molar-refractivity contribution in [1.29, 1.82) is 0 Å². The van der Waals surface area contributed by atoms with Crippen molar-refractivity contribution < 1.29 is 19.0 Å². The summed E-state index contributed by atoms with van der Waals surface area (Å²) in [7, 11) is 0. The van der Waals surface area contributed by atoms with E-state index in [0.717, 1.165) is 25.7 Å². The fraction of sp³-hybridized carbons (Fsp3) is 0.958. The van der Waals surface area contributed by atoms with Gasteiger partial charge in [0, 0.05) is 13.0 Å². The Labute approximate surface area is 175 Å². The minimum absolute atomic E-state index is 0.170. The third-order valence-electron chi connectivity index (χ3n) is 5.02. The largest absolute Gasteiger partial charge is 0.436 e. The van der Waals surface area contributed by atoms with Crippen LogP contribution in [0.2, 0.25) is 0 Å². The molecule has 168 valence electrons. The van der Waals surface area contributed by atoms with E-state index in [1.807, 2.05) is 6.92 Å². The first-order valence-corrected chi connectivity index (χ1v) is 12.1. The number of carbonyl (C=O) groups is 1. The van der Waals surface area contributed by atoms with Gasteiger partial charge in [0.15, 0.2) is 6.29 Å². The normalized spacial score (nSPS) is 13.4. The van der Waals surface area contributed by atoms with Gasteiger partial charge in [-0.2, -0.15) is 0 Å². The SMILES string of the molecule is CCCCCCCCCCCCCCCC(=O)OC(C)OC(C)OCCCC. The van der Waals surface area contributed by atoms with Crippen LogP contribution >= 0.6 is 0 Å². The van der Waals surface area contributed by atoms with E-state index in [2.05, 4.69) is 13.8 Å². The molecular formula is C24H48O4. The Kier molecular flexibility index (Phi) is 20.6. The highest BCUT2D eigenvalue weighted by atomic mass is 16.8. The maximum absolute atomic E-state index is 11.9. The average Bonchev–Trinajstić information content (AvgIpc) is 2.65. The van der Waals surface area contributed by atoms with Gasteiger partial charge in [0.2, 0.25) is 6.29 Å². The van der Waals surface area contributed by atoms with E-state index < -0.39 is 6.29 Å². The second-order valence-corrected chi connectivity index (χ2v) is 7.98. The fourth-order valence-corrected chi connectivity index (χ4v) is 3.26. The van der Waals surface area contributed by atoms with Crippen LogP contribution in [0.15, 0.2) is 0 Å². The maximum Gasteiger partial charge on any atom is 0.308 e. The molecule has 0 aromatic carbocycles. The van der Waals surface area contributed by atoms with Crippen LogP contribution in [0, 0.1) is 0 Å². The summed E-state index contributed by atoms with van der Waals surface area (Å²) >= 11 is 0. The molecule has 2 atom stereocenters. The highest BCUT2D eigenvalue weighted by molar-refractivity contribution is 5.69. The van der Waals surface area contributed by atoms with Gasteiger partial charge >= 0.3 is 5.97 Å². The minimum atomic E-state index is -0.550. The van der Waals surface area contributed by atoms with Gasteiger partial charge in [0.1, 0.15) is 0 Å². The summed E-state index contributed by atoms with van der Waals surface area (Å²) in [5.74, 6) is -0.170. The molecule has 0 aliphatic rings. The summed E-state index contributed by atoms with van der Waals surface area (Å²) in [6, 6.07) is 0. The van der Waals surface area contributed by atoms with Crippen LogP contribution in [0.1, 0.15) is 130 Å². The Balaban J connectivity index is 3.38. The molecule has 0 aromatic rings. The number of hydrogen-bond acceptors (Lipinski definition) is 4. The summed E-state index contributed by atoms with van der Waals surface area (Å²) in [5, 5.41) is 0. The van der Waals surface area contributed by atoms with E-state index in [1.165, 1.54) is 70.6 Å². The van der Waals surface area contributed by atoms with E-state index in [1.54, 1.807) is 6.92 Å². The van der Waals surface area contributed by atoms with Crippen LogP contribution in [-0.2, 0) is 19.0 Å². The molecule has 0 spiro atoms. The lowest BCUT2D eigenvalue weighted by Gasteiger charge is -2.19. The zero-order chi connectivity index (χ0) is 20.9. The lowest BCUT2D eigenvalue weighted by Crippen LogP contribution is -2.25. The lowest BCUT2D eigenvalue weighted by molar-refractivity contribution is -0.229. The van der Waals surface area contributed by atoms with Crippen molar-refractivity contribution in [2.24, 2.45) is 0 Å². The van der Waals surface area contributed by atoms with Crippen LogP contribution in [0.25, 0.3) is 0 Å². The van der Waals surface area contributed by atoms with E-state index >= 15 is 0 Å². The monoisotopic (exact) mass is 400 g/mol. The second-order valence-electron chi connectivity index (χ2n) is 7.98. The number of carbonyl (C=O) groups excluding carboxylic acids is 1. The number of rotatable bonds is 21. The standard InChI is InChI=1S/C24H48O4/c1-5-7-9-10-11-12-13-14-15-16-17-18-19-20-24(25)28-23(4)27-22(3)26-21-8-6-2/h22-23H,5-21H2,1-4H3. The van der Waals surface area contributed by atoms with Crippen molar-refractivity contribution in [3.8, 4) is 0 Å². The number of hydrogen-bond donors (Lipinski definition) is 0. The molecule has 0 saturated heterocycles. The van der Waals surface area contributed by atoms with E-state index in [4.69, 9.17) is 14.2 Å². The Morgan fingerprint density at radius 3 is 1.61 bits per heavy atom. The van der Waals surface area contributed by atoms with Crippen molar-refractivity contribution in [3.05, 3.63) is 0 Å². The summed E-state index contributed by atoms with van der Waals surface area (Å²) in [4.78, 5) is 11.9. The Hall–Kier alpha value is -0.610. The van der Waals surface area contributed by atoms with Crippen molar-refractivity contribution in [2.75, 3.05) is 6.61 Å². The van der Waals surface area contributed by atoms with Crippen LogP contribution < -0.4 is 0 Å². The molecule has 0 heterocycles. The van der Waals surface area contributed by atoms with Gasteiger partial charge in [0.25, 0.3) is 0 Å². The highest BCUT2D eigenvalue weighted by Gasteiger charge is 2.13. The smallest absolute Gasteiger partial charge is 0.308 e. The molecule has 0 aliphatic heterocycles. The molecule has 0 amide bonds. The molecule has 0 bridgehead atoms. The van der Waals surface area contributed by atoms with Gasteiger partial charge < -0.3 is 14.2 Å². The van der Waals surface area contributed by atoms with Gasteiger partial charge in [0.05, 0.1) is 0 Å². The molecule has 0 saturated carbocycles. The van der Waals surface area contributed by atoms with E-state index in [-0.39, 0.29) is 12.3 Å². The van der Waals surface area contributed by atoms with Crippen LogP contribution in [0.5, 0.6) is 0 Å². The van der Waals surface area contributed by atoms with Crippen molar-refractivity contribution in [2.45, 2.75) is 143 Å². The molecule has 0 N–H and O–H groups in total. The lowest BCUT2D eigenvalue weighted by atomic mass is 10.0. The van der Waals surface area contributed by atoms with Crippen LogP contribution in [-0.4, -0.2) is 25.2 Å². The third-order valence-corrected chi connectivity index (χ3v) is 5.02. The van der Waals surface area contributed by atoms with Gasteiger partial charge in [-0.15, -0.1) is 0 Å². The Morgan fingerprint density at radius 2 is 1.11 bits per heavy atom. The predicted molar refractivity (Wildman–Crippen MR) is 117 cm³/mol. The van der Waals surface area contributed by atoms with Gasteiger partial charge in [-0.3, -0.25) is 4.79 Å². The minimum Gasteiger partial charge on any atom is -0.436 e. The first-order chi connectivity index (χ1) is 13.6. The molecular weight excluding hydrogens is 352 g/mol. The molecule has 28 heavy (non-hydrogen) atoms.